The standard InChI is InChI=1S/C21H36N4O3/c1-13(25(5)12-17(26)23-20(2,3)4)18(27)22-19(28)24-21-9-14-6-15(10-21)8-16(7-14)11-21/h13-16H,6-12H2,1-5H3,(H,23,26)(H2,22,24,27,28)/p+1/t13-,14?,15?,16?,21?/m1/s1. The van der Waals surface area contributed by atoms with Crippen LogP contribution in [0.25, 0.3) is 0 Å². The van der Waals surface area contributed by atoms with Gasteiger partial charge in [-0.1, -0.05) is 0 Å². The smallest absolute Gasteiger partial charge is 0.322 e. The molecule has 2 atom stereocenters. The lowest BCUT2D eigenvalue weighted by molar-refractivity contribution is -0.886. The van der Waals surface area contributed by atoms with Crippen molar-refractivity contribution >= 4 is 17.8 Å². The van der Waals surface area contributed by atoms with Gasteiger partial charge in [0.2, 0.25) is 0 Å². The van der Waals surface area contributed by atoms with E-state index in [2.05, 4.69) is 16.0 Å². The second-order valence-electron chi connectivity index (χ2n) is 10.7. The van der Waals surface area contributed by atoms with E-state index in [1.807, 2.05) is 20.8 Å². The molecule has 0 saturated heterocycles. The van der Waals surface area contributed by atoms with E-state index in [9.17, 15) is 14.4 Å². The molecule has 0 radical (unpaired) electrons. The Morgan fingerprint density at radius 1 is 1.04 bits per heavy atom. The summed E-state index contributed by atoms with van der Waals surface area (Å²) in [4.78, 5) is 37.9. The maximum atomic E-state index is 12.5. The third kappa shape index (κ3) is 5.04. The van der Waals surface area contributed by atoms with Crippen molar-refractivity contribution in [2.24, 2.45) is 17.8 Å². The molecule has 7 nitrogen and oxygen atoms in total. The van der Waals surface area contributed by atoms with E-state index < -0.39 is 6.04 Å². The maximum absolute atomic E-state index is 12.5. The summed E-state index contributed by atoms with van der Waals surface area (Å²) >= 11 is 0. The molecule has 0 spiro atoms. The van der Waals surface area contributed by atoms with Gasteiger partial charge in [0.15, 0.2) is 12.6 Å². The zero-order chi connectivity index (χ0) is 20.7. The summed E-state index contributed by atoms with van der Waals surface area (Å²) in [6.07, 6.45) is 7.08. The van der Waals surface area contributed by atoms with Crippen molar-refractivity contribution in [2.45, 2.75) is 83.3 Å². The van der Waals surface area contributed by atoms with Gasteiger partial charge in [-0.05, 0) is 84.0 Å². The highest BCUT2D eigenvalue weighted by atomic mass is 16.2. The molecule has 7 heteroatoms. The van der Waals surface area contributed by atoms with Gasteiger partial charge in [0.25, 0.3) is 11.8 Å². The van der Waals surface area contributed by atoms with Gasteiger partial charge in [-0.3, -0.25) is 14.9 Å². The Kier molecular flexibility index (Phi) is 5.76. The Balaban J connectivity index is 1.48. The molecule has 4 N–H and O–H groups in total. The summed E-state index contributed by atoms with van der Waals surface area (Å²) in [5.41, 5.74) is -0.422. The fraction of sp³-hybridized carbons (Fsp3) is 0.857. The number of rotatable bonds is 5. The van der Waals surface area contributed by atoms with Crippen molar-refractivity contribution in [3.63, 3.8) is 0 Å². The van der Waals surface area contributed by atoms with E-state index in [1.54, 1.807) is 14.0 Å². The molecule has 4 aliphatic rings. The summed E-state index contributed by atoms with van der Waals surface area (Å²) in [7, 11) is 1.80. The molecule has 0 aliphatic heterocycles. The molecule has 28 heavy (non-hydrogen) atoms. The van der Waals surface area contributed by atoms with Gasteiger partial charge in [0.1, 0.15) is 0 Å². The van der Waals surface area contributed by atoms with Crippen molar-refractivity contribution in [1.82, 2.24) is 16.0 Å². The Bertz CT molecular complexity index is 605. The number of carbonyl (C=O) groups excluding carboxylic acids is 3. The number of imide groups is 1. The first kappa shape index (κ1) is 21.1. The van der Waals surface area contributed by atoms with E-state index in [0.29, 0.717) is 0 Å². The van der Waals surface area contributed by atoms with Gasteiger partial charge in [0.05, 0.1) is 7.05 Å². The van der Waals surface area contributed by atoms with Crippen LogP contribution in [0.4, 0.5) is 4.79 Å². The second kappa shape index (κ2) is 7.65. The third-order valence-corrected chi connectivity index (χ3v) is 6.74. The molecule has 4 saturated carbocycles. The number of urea groups is 1. The highest BCUT2D eigenvalue weighted by molar-refractivity contribution is 5.96. The van der Waals surface area contributed by atoms with Crippen molar-refractivity contribution in [3.8, 4) is 0 Å². The van der Waals surface area contributed by atoms with E-state index in [0.717, 1.165) is 41.9 Å². The van der Waals surface area contributed by atoms with Crippen molar-refractivity contribution < 1.29 is 19.3 Å². The predicted octanol–water partition coefficient (Wildman–Crippen LogP) is 0.599. The molecular weight excluding hydrogens is 356 g/mol. The quantitative estimate of drug-likeness (QED) is 0.551. The number of nitrogens with one attached hydrogen (secondary N) is 4. The number of hydrogen-bond donors (Lipinski definition) is 4. The zero-order valence-corrected chi connectivity index (χ0v) is 18.0. The van der Waals surface area contributed by atoms with Crippen molar-refractivity contribution in [1.29, 1.82) is 0 Å². The van der Waals surface area contributed by atoms with Crippen LogP contribution in [-0.4, -0.2) is 48.6 Å². The minimum atomic E-state index is -0.493. The fourth-order valence-electron chi connectivity index (χ4n) is 5.85. The summed E-state index contributed by atoms with van der Waals surface area (Å²) in [5.74, 6) is 1.75. The second-order valence-corrected chi connectivity index (χ2v) is 10.7. The molecule has 1 unspecified atom stereocenters. The number of hydrogen-bond acceptors (Lipinski definition) is 3. The SMILES string of the molecule is C[C@H](C(=O)NC(=O)NC12CC3CC(CC(C3)C1)C2)[NH+](C)CC(=O)NC(C)(C)C. The first-order chi connectivity index (χ1) is 12.9. The van der Waals surface area contributed by atoms with E-state index >= 15 is 0 Å². The van der Waals surface area contributed by atoms with Crippen LogP contribution in [-0.2, 0) is 9.59 Å². The van der Waals surface area contributed by atoms with Gasteiger partial charge >= 0.3 is 6.03 Å². The summed E-state index contributed by atoms with van der Waals surface area (Å²) in [6.45, 7) is 7.69. The largest absolute Gasteiger partial charge is 0.347 e. The van der Waals surface area contributed by atoms with Crippen LogP contribution in [0.2, 0.25) is 0 Å². The number of carbonyl (C=O) groups is 3. The van der Waals surface area contributed by atoms with Crippen molar-refractivity contribution in [3.05, 3.63) is 0 Å². The minimum Gasteiger partial charge on any atom is -0.347 e. The van der Waals surface area contributed by atoms with Crippen LogP contribution in [0.15, 0.2) is 0 Å². The lowest BCUT2D eigenvalue weighted by atomic mass is 9.53. The van der Waals surface area contributed by atoms with Crippen LogP contribution < -0.4 is 20.9 Å². The van der Waals surface area contributed by atoms with Crippen LogP contribution in [0.5, 0.6) is 0 Å². The minimum absolute atomic E-state index is 0.109. The molecule has 0 aromatic heterocycles. The lowest BCUT2D eigenvalue weighted by Crippen LogP contribution is -3.15. The van der Waals surface area contributed by atoms with Crippen LogP contribution in [0, 0.1) is 17.8 Å². The normalized spacial score (nSPS) is 33.1. The molecule has 0 heterocycles. The van der Waals surface area contributed by atoms with E-state index in [-0.39, 0.29) is 35.5 Å². The molecule has 4 rings (SSSR count). The first-order valence-electron chi connectivity index (χ1n) is 10.7. The average Bonchev–Trinajstić information content (AvgIpc) is 2.49. The topological polar surface area (TPSA) is 91.7 Å². The summed E-state index contributed by atoms with van der Waals surface area (Å²) in [6, 6.07) is -0.876. The molecule has 4 fully saturated rings. The Hall–Kier alpha value is -1.63. The molecule has 158 valence electrons. The van der Waals surface area contributed by atoms with E-state index in [4.69, 9.17) is 0 Å². The summed E-state index contributed by atoms with van der Waals surface area (Å²) in [5, 5.41) is 8.58. The first-order valence-corrected chi connectivity index (χ1v) is 10.7. The highest BCUT2D eigenvalue weighted by Gasteiger charge is 2.51. The van der Waals surface area contributed by atoms with Crippen LogP contribution >= 0.6 is 0 Å². The monoisotopic (exact) mass is 393 g/mol. The molecule has 0 aromatic carbocycles. The lowest BCUT2D eigenvalue weighted by Gasteiger charge is -2.56. The molecule has 4 bridgehead atoms. The van der Waals surface area contributed by atoms with E-state index in [1.165, 1.54) is 19.3 Å². The maximum Gasteiger partial charge on any atom is 0.322 e. The number of amides is 4. The van der Waals surface area contributed by atoms with Crippen LogP contribution in [0.1, 0.15) is 66.2 Å². The van der Waals surface area contributed by atoms with Gasteiger partial charge in [-0.25, -0.2) is 4.79 Å². The number of likely N-dealkylation sites (N-methyl/N-ethyl adjacent to an activating group) is 1. The summed E-state index contributed by atoms with van der Waals surface area (Å²) < 4.78 is 0. The average molecular weight is 394 g/mol. The van der Waals surface area contributed by atoms with Gasteiger partial charge in [-0.15, -0.1) is 0 Å². The van der Waals surface area contributed by atoms with Gasteiger partial charge < -0.3 is 15.5 Å². The Morgan fingerprint density at radius 2 is 1.54 bits per heavy atom. The van der Waals surface area contributed by atoms with Crippen LogP contribution in [0.3, 0.4) is 0 Å². The zero-order valence-electron chi connectivity index (χ0n) is 18.0. The molecule has 4 amide bonds. The van der Waals surface area contributed by atoms with Crippen molar-refractivity contribution in [2.75, 3.05) is 13.6 Å². The Morgan fingerprint density at radius 3 is 2.00 bits per heavy atom. The molecule has 4 aliphatic carbocycles. The number of quaternary nitrogens is 1. The van der Waals surface area contributed by atoms with Gasteiger partial charge in [0, 0.05) is 11.1 Å². The third-order valence-electron chi connectivity index (χ3n) is 6.74. The Labute approximate surface area is 168 Å². The fourth-order valence-corrected chi connectivity index (χ4v) is 5.85. The van der Waals surface area contributed by atoms with Gasteiger partial charge in [-0.2, -0.15) is 0 Å². The molecule has 0 aromatic rings. The molecular formula is C21H37N4O3+. The predicted molar refractivity (Wildman–Crippen MR) is 107 cm³/mol. The highest BCUT2D eigenvalue weighted by Crippen LogP contribution is 2.55.